The van der Waals surface area contributed by atoms with Crippen molar-refractivity contribution in [3.63, 3.8) is 0 Å². The Balaban J connectivity index is 1.25. The number of hydrogen-bond acceptors (Lipinski definition) is 8. The molecule has 3 aromatic rings. The molecule has 5 N–H and O–H groups in total. The smallest absolute Gasteiger partial charge is 0.368 e. The Morgan fingerprint density at radius 3 is 1.95 bits per heavy atom. The van der Waals surface area contributed by atoms with Crippen LogP contribution in [0.15, 0.2) is 60.0 Å². The minimum absolute atomic E-state index is 0.153. The van der Waals surface area contributed by atoms with Crippen LogP contribution in [-0.4, -0.2) is 48.8 Å². The first-order valence-electron chi connectivity index (χ1n) is 12.5. The van der Waals surface area contributed by atoms with Crippen LogP contribution in [0.2, 0.25) is 0 Å². The molecule has 6 unspecified atom stereocenters. The van der Waals surface area contributed by atoms with Crippen LogP contribution in [0.1, 0.15) is 28.7 Å². The third-order valence-corrected chi connectivity index (χ3v) is 8.78. The summed E-state index contributed by atoms with van der Waals surface area (Å²) in [5, 5.41) is 28.7. The lowest BCUT2D eigenvalue weighted by molar-refractivity contribution is -0.167. The first-order chi connectivity index (χ1) is 19.3. The molecule has 1 aromatic heterocycles. The van der Waals surface area contributed by atoms with Crippen molar-refractivity contribution in [2.75, 3.05) is 0 Å². The molecule has 0 bridgehead atoms. The summed E-state index contributed by atoms with van der Waals surface area (Å²) in [6.45, 7) is -0.354. The van der Waals surface area contributed by atoms with Gasteiger partial charge in [-0.3, -0.25) is 5.10 Å². The summed E-state index contributed by atoms with van der Waals surface area (Å²) in [5.74, 6) is -1.19. The van der Waals surface area contributed by atoms with Crippen LogP contribution in [0, 0.1) is 17.8 Å². The molecule has 2 aliphatic carbocycles. The maximum atomic E-state index is 12.8. The highest BCUT2D eigenvalue weighted by Gasteiger charge is 2.73. The first-order valence-corrected chi connectivity index (χ1v) is 13.4. The van der Waals surface area contributed by atoms with Crippen LogP contribution in [0.25, 0.3) is 0 Å². The number of nitrogens with two attached hydrogens (primary N) is 1. The van der Waals surface area contributed by atoms with Gasteiger partial charge in [0.1, 0.15) is 6.33 Å². The number of benzene rings is 2. The molecule has 0 amide bonds. The third kappa shape index (κ3) is 6.39. The largest absolute Gasteiger partial charge is 0.416 e. The molecule has 41 heavy (non-hydrogen) atoms. The van der Waals surface area contributed by atoms with Crippen molar-refractivity contribution < 1.29 is 46.0 Å². The van der Waals surface area contributed by atoms with Crippen molar-refractivity contribution >= 4 is 11.8 Å². The summed E-state index contributed by atoms with van der Waals surface area (Å²) in [4.78, 5) is 4.10. The Kier molecular flexibility index (Phi) is 8.13. The molecule has 0 radical (unpaired) electrons. The number of ether oxygens (including phenoxy) is 2. The van der Waals surface area contributed by atoms with Gasteiger partial charge in [0.25, 0.3) is 0 Å². The third-order valence-electron chi connectivity index (χ3n) is 7.57. The van der Waals surface area contributed by atoms with Gasteiger partial charge < -0.3 is 25.4 Å². The Morgan fingerprint density at radius 1 is 0.927 bits per heavy atom. The van der Waals surface area contributed by atoms with Gasteiger partial charge in [-0.15, -0.1) is 0 Å². The second-order valence-electron chi connectivity index (χ2n) is 10.2. The van der Waals surface area contributed by atoms with Gasteiger partial charge in [0.15, 0.2) is 17.7 Å². The number of aromatic nitrogens is 3. The van der Waals surface area contributed by atoms with Gasteiger partial charge >= 0.3 is 12.4 Å². The summed E-state index contributed by atoms with van der Waals surface area (Å²) in [7, 11) is 0. The zero-order valence-corrected chi connectivity index (χ0v) is 22.0. The number of fused-ring (bicyclic) bond motifs is 1. The average molecular weight is 605 g/mol. The molecule has 2 fully saturated rings. The van der Waals surface area contributed by atoms with Crippen LogP contribution in [0.5, 0.6) is 0 Å². The molecule has 1 heterocycles. The van der Waals surface area contributed by atoms with Gasteiger partial charge in [0, 0.05) is 11.2 Å². The number of thioether (sulfide) groups is 1. The van der Waals surface area contributed by atoms with Gasteiger partial charge in [-0.2, -0.15) is 31.4 Å². The fourth-order valence-electron chi connectivity index (χ4n) is 5.53. The number of aliphatic hydroxyl groups excluding tert-OH is 2. The molecule has 5 rings (SSSR count). The van der Waals surface area contributed by atoms with E-state index in [1.165, 1.54) is 42.4 Å². The molecule has 2 aromatic carbocycles. The Morgan fingerprint density at radius 2 is 1.46 bits per heavy atom. The van der Waals surface area contributed by atoms with E-state index in [0.717, 1.165) is 24.3 Å². The van der Waals surface area contributed by atoms with Gasteiger partial charge in [-0.1, -0.05) is 36.0 Å². The van der Waals surface area contributed by atoms with Crippen LogP contribution in [0.3, 0.4) is 0 Å². The maximum Gasteiger partial charge on any atom is 0.416 e. The van der Waals surface area contributed by atoms with Crippen molar-refractivity contribution in [1.82, 2.24) is 15.2 Å². The zero-order chi connectivity index (χ0) is 29.6. The van der Waals surface area contributed by atoms with Crippen molar-refractivity contribution in [3.05, 3.63) is 77.1 Å². The minimum atomic E-state index is -4.48. The SMILES string of the molecule is N[C@@]1(C(O)OCc2ccc(C(F)(F)F)cc2)CC(Sc2ncn[nH]2)C2C(C(O)OCc3ccc(C(F)(F)F)cc3)C21. The van der Waals surface area contributed by atoms with E-state index in [9.17, 15) is 36.6 Å². The lowest BCUT2D eigenvalue weighted by atomic mass is 9.90. The van der Waals surface area contributed by atoms with E-state index < -0.39 is 53.4 Å². The number of alkyl halides is 6. The fourth-order valence-corrected chi connectivity index (χ4v) is 6.91. The van der Waals surface area contributed by atoms with E-state index in [4.69, 9.17) is 15.2 Å². The second-order valence-corrected chi connectivity index (χ2v) is 11.4. The summed E-state index contributed by atoms with van der Waals surface area (Å²) >= 11 is 1.33. The predicted octanol–water partition coefficient (Wildman–Crippen LogP) is 4.34. The number of aliphatic hydroxyl groups is 2. The molecule has 2 saturated carbocycles. The maximum absolute atomic E-state index is 12.8. The Hall–Kier alpha value is -2.69. The van der Waals surface area contributed by atoms with Gasteiger partial charge in [0.2, 0.25) is 0 Å². The van der Waals surface area contributed by atoms with Crippen LogP contribution in [0.4, 0.5) is 26.3 Å². The number of halogens is 6. The van der Waals surface area contributed by atoms with E-state index in [1.54, 1.807) is 0 Å². The summed E-state index contributed by atoms with van der Waals surface area (Å²) < 4.78 is 88.2. The van der Waals surface area contributed by atoms with Crippen LogP contribution >= 0.6 is 11.8 Å². The number of rotatable bonds is 10. The van der Waals surface area contributed by atoms with Gasteiger partial charge in [0.05, 0.1) is 29.9 Å². The lowest BCUT2D eigenvalue weighted by Gasteiger charge is -2.34. The Labute approximate surface area is 234 Å². The minimum Gasteiger partial charge on any atom is -0.368 e. The monoisotopic (exact) mass is 604 g/mol. The number of H-pyrrole nitrogens is 1. The van der Waals surface area contributed by atoms with Crippen LogP contribution < -0.4 is 5.73 Å². The molecule has 7 atom stereocenters. The standard InChI is InChI=1S/C26H26F6N4O4S/c27-25(28,29)15-5-1-13(2-6-15)10-39-21(37)19-18-17(41-23-34-12-35-36-23)9-24(33,20(18)19)22(38)40-11-14-3-7-16(8-4-14)26(30,31)32/h1-8,12,17-22,37-38H,9-11,33H2,(H,34,35,36)/t17?,18?,19?,20?,21?,22?,24-/m0/s1. The number of aromatic amines is 1. The average Bonchev–Trinajstić information content (AvgIpc) is 3.34. The highest BCUT2D eigenvalue weighted by molar-refractivity contribution is 7.99. The highest BCUT2D eigenvalue weighted by Crippen LogP contribution is 2.67. The molecule has 15 heteroatoms. The molecule has 0 spiro atoms. The number of nitrogens with one attached hydrogen (secondary N) is 1. The van der Waals surface area contributed by atoms with E-state index in [-0.39, 0.29) is 30.8 Å². The van der Waals surface area contributed by atoms with E-state index >= 15 is 0 Å². The quantitative estimate of drug-likeness (QED) is 0.199. The molecular weight excluding hydrogens is 578 g/mol. The van der Waals surface area contributed by atoms with E-state index in [1.807, 2.05) is 0 Å². The summed E-state index contributed by atoms with van der Waals surface area (Å²) in [6, 6.07) is 8.71. The normalized spacial score (nSPS) is 27.4. The topological polar surface area (TPSA) is 127 Å². The molecular formula is C26H26F6N4O4S. The highest BCUT2D eigenvalue weighted by atomic mass is 32.2. The lowest BCUT2D eigenvalue weighted by Crippen LogP contribution is -2.54. The summed E-state index contributed by atoms with van der Waals surface area (Å²) in [5.41, 5.74) is 4.56. The molecule has 222 valence electrons. The number of nitrogens with zero attached hydrogens (tertiary/aromatic N) is 2. The van der Waals surface area contributed by atoms with Gasteiger partial charge in [-0.05, 0) is 53.6 Å². The van der Waals surface area contributed by atoms with Gasteiger partial charge in [-0.25, -0.2) is 4.98 Å². The Bertz CT molecular complexity index is 1310. The summed E-state index contributed by atoms with van der Waals surface area (Å²) in [6.07, 6.45) is -10.2. The van der Waals surface area contributed by atoms with Crippen molar-refractivity contribution in [2.45, 2.75) is 60.5 Å². The zero-order valence-electron chi connectivity index (χ0n) is 21.1. The van der Waals surface area contributed by atoms with Crippen LogP contribution in [-0.2, 0) is 35.0 Å². The van der Waals surface area contributed by atoms with E-state index in [0.29, 0.717) is 16.3 Å². The number of hydrogen-bond donors (Lipinski definition) is 4. The predicted molar refractivity (Wildman–Crippen MR) is 133 cm³/mol. The van der Waals surface area contributed by atoms with E-state index in [2.05, 4.69) is 15.2 Å². The molecule has 0 aliphatic heterocycles. The second kappa shape index (κ2) is 11.2. The van der Waals surface area contributed by atoms with Crippen molar-refractivity contribution in [1.29, 1.82) is 0 Å². The molecule has 8 nitrogen and oxygen atoms in total. The molecule has 2 aliphatic rings. The first kappa shape index (κ1) is 29.8. The fraction of sp³-hybridized carbons (Fsp3) is 0.462. The van der Waals surface area contributed by atoms with Crippen molar-refractivity contribution in [2.24, 2.45) is 23.5 Å². The molecule has 0 saturated heterocycles. The van der Waals surface area contributed by atoms with Crippen molar-refractivity contribution in [3.8, 4) is 0 Å².